The Kier molecular flexibility index (Phi) is 5.85. The first-order valence-electron chi connectivity index (χ1n) is 8.87. The van der Waals surface area contributed by atoms with Crippen LogP contribution < -0.4 is 14.2 Å². The first-order valence-corrected chi connectivity index (χ1v) is 10.4. The number of hydrogen-bond donors (Lipinski definition) is 1. The Labute approximate surface area is 164 Å². The van der Waals surface area contributed by atoms with Crippen LogP contribution in [0.5, 0.6) is 11.5 Å². The van der Waals surface area contributed by atoms with Crippen molar-refractivity contribution >= 4 is 21.2 Å². The molecule has 0 radical (unpaired) electrons. The van der Waals surface area contributed by atoms with Gasteiger partial charge in [0.1, 0.15) is 11.3 Å². The van der Waals surface area contributed by atoms with Gasteiger partial charge in [-0.25, -0.2) is 23.1 Å². The van der Waals surface area contributed by atoms with Gasteiger partial charge in [0.05, 0.1) is 25.7 Å². The van der Waals surface area contributed by atoms with Crippen LogP contribution in [0.3, 0.4) is 0 Å². The fourth-order valence-corrected chi connectivity index (χ4v) is 3.92. The van der Waals surface area contributed by atoms with Crippen molar-refractivity contribution in [2.45, 2.75) is 31.8 Å². The van der Waals surface area contributed by atoms with Gasteiger partial charge in [0.15, 0.2) is 17.1 Å². The number of rotatable bonds is 8. The molecule has 0 unspecified atom stereocenters. The lowest BCUT2D eigenvalue weighted by Gasteiger charge is -2.13. The maximum atomic E-state index is 12.8. The summed E-state index contributed by atoms with van der Waals surface area (Å²) in [6.07, 6.45) is 1.71. The van der Waals surface area contributed by atoms with Gasteiger partial charge < -0.3 is 14.0 Å². The van der Waals surface area contributed by atoms with Gasteiger partial charge in [-0.15, -0.1) is 0 Å². The molecule has 150 valence electrons. The van der Waals surface area contributed by atoms with E-state index in [4.69, 9.17) is 9.47 Å². The van der Waals surface area contributed by atoms with E-state index in [1.165, 1.54) is 26.4 Å². The number of nitrogens with one attached hydrogen (secondary N) is 1. The second-order valence-electron chi connectivity index (χ2n) is 6.72. The van der Waals surface area contributed by atoms with Crippen LogP contribution in [0.2, 0.25) is 0 Å². The van der Waals surface area contributed by atoms with Gasteiger partial charge in [0.25, 0.3) is 0 Å². The SMILES string of the molecule is COc1ccc(S(=O)(=O)NCc2nc3cccnc3n2CC(C)C)cc1OC. The normalized spacial score (nSPS) is 11.9. The summed E-state index contributed by atoms with van der Waals surface area (Å²) in [4.78, 5) is 9.04. The molecular weight excluding hydrogens is 380 g/mol. The van der Waals surface area contributed by atoms with E-state index in [9.17, 15) is 8.42 Å². The molecule has 0 aliphatic rings. The molecule has 28 heavy (non-hydrogen) atoms. The number of sulfonamides is 1. The summed E-state index contributed by atoms with van der Waals surface area (Å²) in [7, 11) is -0.799. The lowest BCUT2D eigenvalue weighted by atomic mass is 10.2. The Morgan fingerprint density at radius 1 is 1.14 bits per heavy atom. The van der Waals surface area contributed by atoms with Gasteiger partial charge in [-0.1, -0.05) is 13.8 Å². The second-order valence-corrected chi connectivity index (χ2v) is 8.49. The van der Waals surface area contributed by atoms with Crippen molar-refractivity contribution in [3.05, 3.63) is 42.4 Å². The molecule has 0 atom stereocenters. The highest BCUT2D eigenvalue weighted by Crippen LogP contribution is 2.29. The van der Waals surface area contributed by atoms with Crippen molar-refractivity contribution in [1.82, 2.24) is 19.3 Å². The van der Waals surface area contributed by atoms with Crippen LogP contribution in [0, 0.1) is 5.92 Å². The van der Waals surface area contributed by atoms with Crippen molar-refractivity contribution in [2.75, 3.05) is 14.2 Å². The molecule has 0 spiro atoms. The number of imidazole rings is 1. The number of nitrogens with zero attached hydrogens (tertiary/aromatic N) is 3. The van der Waals surface area contributed by atoms with Gasteiger partial charge in [-0.05, 0) is 30.2 Å². The minimum Gasteiger partial charge on any atom is -0.493 e. The fraction of sp³-hybridized carbons (Fsp3) is 0.368. The highest BCUT2D eigenvalue weighted by molar-refractivity contribution is 7.89. The molecule has 3 rings (SSSR count). The van der Waals surface area contributed by atoms with E-state index >= 15 is 0 Å². The Balaban J connectivity index is 1.89. The Hall–Kier alpha value is -2.65. The average molecular weight is 404 g/mol. The molecule has 0 aliphatic heterocycles. The van der Waals surface area contributed by atoms with Gasteiger partial charge in [0, 0.05) is 18.8 Å². The van der Waals surface area contributed by atoms with Gasteiger partial charge in [-0.2, -0.15) is 0 Å². The van der Waals surface area contributed by atoms with Crippen LogP contribution in [-0.2, 0) is 23.1 Å². The summed E-state index contributed by atoms with van der Waals surface area (Å²) in [6.45, 7) is 4.93. The zero-order valence-corrected chi connectivity index (χ0v) is 17.2. The van der Waals surface area contributed by atoms with Gasteiger partial charge >= 0.3 is 0 Å². The number of pyridine rings is 1. The molecule has 3 aromatic rings. The molecule has 9 heteroatoms. The van der Waals surface area contributed by atoms with E-state index in [0.29, 0.717) is 29.8 Å². The fourth-order valence-electron chi connectivity index (χ4n) is 2.92. The topological polar surface area (TPSA) is 95.3 Å². The van der Waals surface area contributed by atoms with E-state index in [-0.39, 0.29) is 11.4 Å². The van der Waals surface area contributed by atoms with Crippen LogP contribution >= 0.6 is 0 Å². The van der Waals surface area contributed by atoms with Gasteiger partial charge in [0.2, 0.25) is 10.0 Å². The van der Waals surface area contributed by atoms with Crippen LogP contribution in [0.25, 0.3) is 11.2 Å². The van der Waals surface area contributed by atoms with Crippen LogP contribution in [0.1, 0.15) is 19.7 Å². The zero-order valence-electron chi connectivity index (χ0n) is 16.3. The molecule has 1 N–H and O–H groups in total. The van der Waals surface area contributed by atoms with E-state index in [0.717, 1.165) is 11.2 Å². The lowest BCUT2D eigenvalue weighted by molar-refractivity contribution is 0.354. The standard InChI is InChI=1S/C19H24N4O4S/c1-13(2)12-23-18(22-15-6-5-9-20-19(15)23)11-21-28(24,25)14-7-8-16(26-3)17(10-14)27-4/h5-10,13,21H,11-12H2,1-4H3. The third-order valence-corrected chi connectivity index (χ3v) is 5.62. The molecule has 2 heterocycles. The minimum atomic E-state index is -3.76. The summed E-state index contributed by atoms with van der Waals surface area (Å²) in [5.41, 5.74) is 1.49. The maximum absolute atomic E-state index is 12.8. The largest absolute Gasteiger partial charge is 0.493 e. The van der Waals surface area contributed by atoms with Crippen molar-refractivity contribution < 1.29 is 17.9 Å². The molecule has 0 saturated carbocycles. The predicted molar refractivity (Wildman–Crippen MR) is 106 cm³/mol. The summed E-state index contributed by atoms with van der Waals surface area (Å²) in [5, 5.41) is 0. The monoisotopic (exact) mass is 404 g/mol. The third kappa shape index (κ3) is 4.10. The van der Waals surface area contributed by atoms with Crippen molar-refractivity contribution in [1.29, 1.82) is 0 Å². The number of benzene rings is 1. The second kappa shape index (κ2) is 8.15. The number of methoxy groups -OCH3 is 2. The molecule has 0 saturated heterocycles. The van der Waals surface area contributed by atoms with Crippen LogP contribution in [0.4, 0.5) is 0 Å². The van der Waals surface area contributed by atoms with Gasteiger partial charge in [-0.3, -0.25) is 0 Å². The van der Waals surface area contributed by atoms with Crippen LogP contribution in [-0.4, -0.2) is 37.2 Å². The summed E-state index contributed by atoms with van der Waals surface area (Å²) >= 11 is 0. The van der Waals surface area contributed by atoms with E-state index in [1.54, 1.807) is 12.3 Å². The summed E-state index contributed by atoms with van der Waals surface area (Å²) in [6, 6.07) is 8.14. The average Bonchev–Trinajstić information content (AvgIpc) is 3.03. The maximum Gasteiger partial charge on any atom is 0.241 e. The number of hydrogen-bond acceptors (Lipinski definition) is 6. The summed E-state index contributed by atoms with van der Waals surface area (Å²) < 4.78 is 40.5. The molecule has 0 bridgehead atoms. The molecule has 0 amide bonds. The Morgan fingerprint density at radius 3 is 2.57 bits per heavy atom. The molecule has 8 nitrogen and oxygen atoms in total. The quantitative estimate of drug-likeness (QED) is 0.620. The first-order chi connectivity index (χ1) is 13.4. The highest BCUT2D eigenvalue weighted by atomic mass is 32.2. The molecule has 1 aromatic carbocycles. The van der Waals surface area contributed by atoms with E-state index in [2.05, 4.69) is 28.5 Å². The molecule has 0 aliphatic carbocycles. The molecule has 2 aromatic heterocycles. The Morgan fingerprint density at radius 2 is 1.89 bits per heavy atom. The smallest absolute Gasteiger partial charge is 0.241 e. The summed E-state index contributed by atoms with van der Waals surface area (Å²) in [5.74, 6) is 1.79. The Bertz CT molecular complexity index is 1080. The van der Waals surface area contributed by atoms with Crippen LogP contribution in [0.15, 0.2) is 41.4 Å². The first kappa shape index (κ1) is 20.1. The molecular formula is C19H24N4O4S. The third-order valence-electron chi connectivity index (χ3n) is 4.22. The number of ether oxygens (including phenoxy) is 2. The predicted octanol–water partition coefficient (Wildman–Crippen LogP) is 2.58. The minimum absolute atomic E-state index is 0.0553. The van der Waals surface area contributed by atoms with Crippen molar-refractivity contribution in [2.24, 2.45) is 5.92 Å². The van der Waals surface area contributed by atoms with Crippen molar-refractivity contribution in [3.63, 3.8) is 0 Å². The van der Waals surface area contributed by atoms with E-state index in [1.807, 2.05) is 16.7 Å². The molecule has 0 fully saturated rings. The van der Waals surface area contributed by atoms with E-state index < -0.39 is 10.0 Å². The number of fused-ring (bicyclic) bond motifs is 1. The van der Waals surface area contributed by atoms with Crippen molar-refractivity contribution in [3.8, 4) is 11.5 Å². The zero-order chi connectivity index (χ0) is 20.3. The lowest BCUT2D eigenvalue weighted by Crippen LogP contribution is -2.25. The number of aromatic nitrogens is 3. The highest BCUT2D eigenvalue weighted by Gasteiger charge is 2.19.